The van der Waals surface area contributed by atoms with Crippen molar-refractivity contribution in [3.05, 3.63) is 77.4 Å². The van der Waals surface area contributed by atoms with E-state index in [2.05, 4.69) is 53.4 Å². The van der Waals surface area contributed by atoms with E-state index < -0.39 is 0 Å². The van der Waals surface area contributed by atoms with Gasteiger partial charge in [-0.3, -0.25) is 4.90 Å². The van der Waals surface area contributed by atoms with Crippen molar-refractivity contribution in [2.75, 3.05) is 0 Å². The predicted molar refractivity (Wildman–Crippen MR) is 93.8 cm³/mol. The van der Waals surface area contributed by atoms with Gasteiger partial charge in [0.25, 0.3) is 0 Å². The quantitative estimate of drug-likeness (QED) is 0.923. The Balaban J connectivity index is 1.59. The number of benzene rings is 2. The van der Waals surface area contributed by atoms with Gasteiger partial charge in [0, 0.05) is 18.6 Å². The molecule has 2 aromatic rings. The number of hydrogen-bond donors (Lipinski definition) is 1. The molecule has 0 aromatic heterocycles. The molecule has 1 N–H and O–H groups in total. The lowest BCUT2D eigenvalue weighted by Crippen LogP contribution is -2.37. The minimum absolute atomic E-state index is 0.122. The van der Waals surface area contributed by atoms with E-state index in [0.29, 0.717) is 12.1 Å². The van der Waals surface area contributed by atoms with Crippen LogP contribution in [0.25, 0.3) is 5.57 Å². The van der Waals surface area contributed by atoms with Crippen LogP contribution >= 0.6 is 0 Å². The first-order chi connectivity index (χ1) is 11.3. The Bertz CT molecular complexity index is 707. The van der Waals surface area contributed by atoms with Gasteiger partial charge in [0.15, 0.2) is 0 Å². The summed E-state index contributed by atoms with van der Waals surface area (Å²) < 4.78 is 0. The monoisotopic (exact) mass is 305 g/mol. The topological polar surface area (TPSA) is 23.5 Å². The van der Waals surface area contributed by atoms with Crippen LogP contribution in [0.15, 0.2) is 60.7 Å². The molecule has 23 heavy (non-hydrogen) atoms. The fraction of sp³-hybridized carbons (Fsp3) is 0.333. The molecule has 2 unspecified atom stereocenters. The molecule has 0 spiro atoms. The third kappa shape index (κ3) is 2.85. The highest BCUT2D eigenvalue weighted by atomic mass is 16.3. The van der Waals surface area contributed by atoms with E-state index in [-0.39, 0.29) is 6.61 Å². The summed E-state index contributed by atoms with van der Waals surface area (Å²) >= 11 is 0. The van der Waals surface area contributed by atoms with E-state index >= 15 is 0 Å². The molecular weight excluding hydrogens is 282 g/mol. The number of rotatable bonds is 4. The number of hydrogen-bond acceptors (Lipinski definition) is 2. The number of fused-ring (bicyclic) bond motifs is 2. The molecule has 2 bridgehead atoms. The third-order valence-corrected chi connectivity index (χ3v) is 5.28. The molecule has 0 aliphatic carbocycles. The Labute approximate surface area is 138 Å². The van der Waals surface area contributed by atoms with Crippen molar-refractivity contribution in [3.8, 4) is 0 Å². The molecule has 1 fully saturated rings. The molecule has 118 valence electrons. The zero-order chi connectivity index (χ0) is 15.6. The normalized spacial score (nSPS) is 23.8. The number of nitrogens with zero attached hydrogens (tertiary/aromatic N) is 1. The fourth-order valence-corrected chi connectivity index (χ4v) is 4.13. The Morgan fingerprint density at radius 2 is 1.74 bits per heavy atom. The smallest absolute Gasteiger partial charge is 0.0687 e. The molecule has 2 aromatic carbocycles. The van der Waals surface area contributed by atoms with Gasteiger partial charge in [-0.2, -0.15) is 0 Å². The maximum absolute atomic E-state index is 9.61. The van der Waals surface area contributed by atoms with Crippen molar-refractivity contribution in [2.24, 2.45) is 0 Å². The highest BCUT2D eigenvalue weighted by molar-refractivity contribution is 5.70. The first kappa shape index (κ1) is 14.7. The zero-order valence-corrected chi connectivity index (χ0v) is 13.4. The van der Waals surface area contributed by atoms with Crippen LogP contribution in [0.1, 0.15) is 36.0 Å². The number of aliphatic hydroxyl groups excluding tert-OH is 1. The Hall–Kier alpha value is -1.90. The fourth-order valence-electron chi connectivity index (χ4n) is 4.13. The van der Waals surface area contributed by atoms with E-state index in [4.69, 9.17) is 0 Å². The molecule has 2 aliphatic heterocycles. The standard InChI is InChI=1S/C21H23NO/c23-15-17-8-4-5-9-21(17)18-12-19-10-11-20(13-18)22(19)14-16-6-2-1-3-7-16/h1-9,12,19-20,23H,10-11,13-15H2. The molecule has 2 heteroatoms. The second-order valence-corrected chi connectivity index (χ2v) is 6.67. The molecular formula is C21H23NO. The van der Waals surface area contributed by atoms with Crippen LogP contribution in [0, 0.1) is 0 Å². The van der Waals surface area contributed by atoms with Gasteiger partial charge in [-0.15, -0.1) is 0 Å². The van der Waals surface area contributed by atoms with E-state index in [1.54, 1.807) is 0 Å². The zero-order valence-electron chi connectivity index (χ0n) is 13.4. The van der Waals surface area contributed by atoms with Crippen molar-refractivity contribution < 1.29 is 5.11 Å². The second kappa shape index (κ2) is 6.31. The van der Waals surface area contributed by atoms with E-state index in [1.807, 2.05) is 12.1 Å². The molecule has 4 rings (SSSR count). The highest BCUT2D eigenvalue weighted by Crippen LogP contribution is 2.40. The highest BCUT2D eigenvalue weighted by Gasteiger charge is 2.36. The van der Waals surface area contributed by atoms with Gasteiger partial charge >= 0.3 is 0 Å². The number of aliphatic hydroxyl groups is 1. The summed E-state index contributed by atoms with van der Waals surface area (Å²) in [6.45, 7) is 1.16. The van der Waals surface area contributed by atoms with Crippen LogP contribution < -0.4 is 0 Å². The first-order valence-corrected chi connectivity index (χ1v) is 8.54. The maximum atomic E-state index is 9.61. The van der Waals surface area contributed by atoms with Crippen LogP contribution in [-0.4, -0.2) is 22.1 Å². The Morgan fingerprint density at radius 1 is 0.957 bits per heavy atom. The van der Waals surface area contributed by atoms with Crippen LogP contribution in [-0.2, 0) is 13.2 Å². The molecule has 2 atom stereocenters. The van der Waals surface area contributed by atoms with Gasteiger partial charge in [-0.05, 0) is 41.5 Å². The van der Waals surface area contributed by atoms with Crippen LogP contribution in [0.3, 0.4) is 0 Å². The van der Waals surface area contributed by atoms with Gasteiger partial charge in [0.1, 0.15) is 0 Å². The predicted octanol–water partition coefficient (Wildman–Crippen LogP) is 4.00. The maximum Gasteiger partial charge on any atom is 0.0687 e. The summed E-state index contributed by atoms with van der Waals surface area (Å²) in [6, 6.07) is 20.2. The first-order valence-electron chi connectivity index (χ1n) is 8.54. The lowest BCUT2D eigenvalue weighted by molar-refractivity contribution is 0.203. The molecule has 0 radical (unpaired) electrons. The third-order valence-electron chi connectivity index (χ3n) is 5.28. The largest absolute Gasteiger partial charge is 0.392 e. The molecule has 2 aliphatic rings. The average Bonchev–Trinajstić information content (AvgIpc) is 2.84. The summed E-state index contributed by atoms with van der Waals surface area (Å²) in [5, 5.41) is 9.61. The summed E-state index contributed by atoms with van der Waals surface area (Å²) in [6.07, 6.45) is 6.07. The molecule has 2 heterocycles. The minimum Gasteiger partial charge on any atom is -0.392 e. The lowest BCUT2D eigenvalue weighted by Gasteiger charge is -2.34. The van der Waals surface area contributed by atoms with E-state index in [9.17, 15) is 5.11 Å². The summed E-state index contributed by atoms with van der Waals surface area (Å²) in [5.74, 6) is 0. The van der Waals surface area contributed by atoms with Gasteiger partial charge < -0.3 is 5.11 Å². The minimum atomic E-state index is 0.122. The van der Waals surface area contributed by atoms with E-state index in [1.165, 1.54) is 29.5 Å². The van der Waals surface area contributed by atoms with Gasteiger partial charge in [0.2, 0.25) is 0 Å². The van der Waals surface area contributed by atoms with Crippen LogP contribution in [0.5, 0.6) is 0 Å². The van der Waals surface area contributed by atoms with Crippen molar-refractivity contribution >= 4 is 5.57 Å². The summed E-state index contributed by atoms with van der Waals surface area (Å²) in [5.41, 5.74) is 5.12. The van der Waals surface area contributed by atoms with Gasteiger partial charge in [0.05, 0.1) is 6.61 Å². The van der Waals surface area contributed by atoms with Crippen molar-refractivity contribution in [1.29, 1.82) is 0 Å². The average molecular weight is 305 g/mol. The molecule has 0 amide bonds. The van der Waals surface area contributed by atoms with Gasteiger partial charge in [-0.1, -0.05) is 60.7 Å². The van der Waals surface area contributed by atoms with Crippen LogP contribution in [0.2, 0.25) is 0 Å². The van der Waals surface area contributed by atoms with Gasteiger partial charge in [-0.25, -0.2) is 0 Å². The van der Waals surface area contributed by atoms with Crippen LogP contribution in [0.4, 0.5) is 0 Å². The lowest BCUT2D eigenvalue weighted by atomic mass is 9.91. The van der Waals surface area contributed by atoms with Crippen molar-refractivity contribution in [2.45, 2.75) is 44.5 Å². The molecule has 1 saturated heterocycles. The Morgan fingerprint density at radius 3 is 2.52 bits per heavy atom. The van der Waals surface area contributed by atoms with Crippen molar-refractivity contribution in [1.82, 2.24) is 4.90 Å². The molecule has 2 nitrogen and oxygen atoms in total. The van der Waals surface area contributed by atoms with Crippen molar-refractivity contribution in [3.63, 3.8) is 0 Å². The SMILES string of the molecule is OCc1ccccc1C1=CC2CCC(C1)N2Cc1ccccc1. The summed E-state index contributed by atoms with van der Waals surface area (Å²) in [4.78, 5) is 2.65. The molecule has 0 saturated carbocycles. The summed E-state index contributed by atoms with van der Waals surface area (Å²) in [7, 11) is 0. The Kier molecular flexibility index (Phi) is 4.02. The van der Waals surface area contributed by atoms with E-state index in [0.717, 1.165) is 18.5 Å². The second-order valence-electron chi connectivity index (χ2n) is 6.67.